The molecule has 1 aliphatic rings. The van der Waals surface area contributed by atoms with E-state index in [1.165, 1.54) is 24.6 Å². The van der Waals surface area contributed by atoms with Crippen LogP contribution in [0.3, 0.4) is 0 Å². The van der Waals surface area contributed by atoms with E-state index in [1.807, 2.05) is 18.4 Å². The number of fused-ring (bicyclic) bond motifs is 1. The van der Waals surface area contributed by atoms with Crippen LogP contribution in [0.5, 0.6) is 0 Å². The fourth-order valence-corrected chi connectivity index (χ4v) is 5.62. The molecule has 0 N–H and O–H groups in total. The van der Waals surface area contributed by atoms with Crippen LogP contribution in [0, 0.1) is 20.8 Å². The fourth-order valence-electron chi connectivity index (χ4n) is 3.54. The van der Waals surface area contributed by atoms with Crippen molar-refractivity contribution in [3.8, 4) is 0 Å². The monoisotopic (exact) mass is 390 g/mol. The lowest BCUT2D eigenvalue weighted by Gasteiger charge is -2.19. The molecule has 4 rings (SSSR count). The predicted octanol–water partition coefficient (Wildman–Crippen LogP) is 4.73. The molecule has 0 amide bonds. The highest BCUT2D eigenvalue weighted by Gasteiger charge is 2.27. The van der Waals surface area contributed by atoms with E-state index >= 15 is 0 Å². The lowest BCUT2D eigenvalue weighted by atomic mass is 10.2. The largest absolute Gasteiger partial charge is 0.424 e. The van der Waals surface area contributed by atoms with Crippen LogP contribution < -0.4 is 5.56 Å². The van der Waals surface area contributed by atoms with E-state index in [4.69, 9.17) is 9.40 Å². The fraction of sp³-hybridized carbons (Fsp3) is 0.556. The first-order chi connectivity index (χ1) is 12.5. The van der Waals surface area contributed by atoms with E-state index in [-0.39, 0.29) is 16.9 Å². The summed E-state index contributed by atoms with van der Waals surface area (Å²) >= 11 is 3.13. The van der Waals surface area contributed by atoms with E-state index in [0.717, 1.165) is 38.7 Å². The number of aromatic nitrogens is 4. The summed E-state index contributed by atoms with van der Waals surface area (Å²) in [6.07, 6.45) is 4.41. The summed E-state index contributed by atoms with van der Waals surface area (Å²) in [6, 6.07) is 0.234. The Morgan fingerprint density at radius 3 is 2.62 bits per heavy atom. The first-order valence-corrected chi connectivity index (χ1v) is 10.6. The van der Waals surface area contributed by atoms with Crippen LogP contribution in [0.25, 0.3) is 10.2 Å². The Labute approximate surface area is 160 Å². The average Bonchev–Trinajstić information content (AvgIpc) is 3.30. The number of thioether (sulfide) groups is 1. The Bertz CT molecular complexity index is 1010. The Kier molecular flexibility index (Phi) is 4.64. The summed E-state index contributed by atoms with van der Waals surface area (Å²) < 4.78 is 7.50. The molecule has 0 saturated heterocycles. The lowest BCUT2D eigenvalue weighted by molar-refractivity contribution is 0.453. The molecule has 1 unspecified atom stereocenters. The summed E-state index contributed by atoms with van der Waals surface area (Å²) in [5.41, 5.74) is 1.16. The molecule has 3 aromatic rings. The van der Waals surface area contributed by atoms with Crippen molar-refractivity contribution in [2.45, 2.75) is 69.8 Å². The maximum Gasteiger partial charge on any atom is 0.263 e. The molecule has 0 aromatic carbocycles. The van der Waals surface area contributed by atoms with Crippen LogP contribution in [0.15, 0.2) is 14.4 Å². The van der Waals surface area contributed by atoms with Crippen molar-refractivity contribution in [3.63, 3.8) is 0 Å². The van der Waals surface area contributed by atoms with Gasteiger partial charge in [0.25, 0.3) is 5.56 Å². The molecular formula is C18H22N4O2S2. The van der Waals surface area contributed by atoms with Gasteiger partial charge in [-0.25, -0.2) is 4.98 Å². The van der Waals surface area contributed by atoms with Crippen molar-refractivity contribution < 1.29 is 4.42 Å². The molecule has 138 valence electrons. The average molecular weight is 391 g/mol. The van der Waals surface area contributed by atoms with Gasteiger partial charge in [-0.05, 0) is 39.2 Å². The summed E-state index contributed by atoms with van der Waals surface area (Å²) in [4.78, 5) is 20.2. The second-order valence-electron chi connectivity index (χ2n) is 6.89. The van der Waals surface area contributed by atoms with E-state index in [9.17, 15) is 4.79 Å². The van der Waals surface area contributed by atoms with Crippen LogP contribution in [-0.2, 0) is 0 Å². The van der Waals surface area contributed by atoms with Gasteiger partial charge in [-0.1, -0.05) is 24.6 Å². The summed E-state index contributed by atoms with van der Waals surface area (Å²) in [7, 11) is 0. The zero-order valence-corrected chi connectivity index (χ0v) is 17.0. The van der Waals surface area contributed by atoms with Gasteiger partial charge in [0.15, 0.2) is 5.16 Å². The minimum atomic E-state index is -0.0599. The quantitative estimate of drug-likeness (QED) is 0.473. The van der Waals surface area contributed by atoms with E-state index in [0.29, 0.717) is 11.8 Å². The van der Waals surface area contributed by atoms with E-state index in [1.54, 1.807) is 18.3 Å². The summed E-state index contributed by atoms with van der Waals surface area (Å²) in [5, 5.41) is 9.52. The maximum absolute atomic E-state index is 13.4. The SMILES string of the molecule is Cc1nnc(C(C)Sc2nc3sc(C)c(C)c3c(=O)n2C2CCCC2)o1. The first-order valence-electron chi connectivity index (χ1n) is 8.94. The van der Waals surface area contributed by atoms with Gasteiger partial charge in [-0.3, -0.25) is 9.36 Å². The molecule has 0 bridgehead atoms. The van der Waals surface area contributed by atoms with Gasteiger partial charge in [0.2, 0.25) is 11.8 Å². The number of hydrogen-bond donors (Lipinski definition) is 0. The van der Waals surface area contributed by atoms with E-state index < -0.39 is 0 Å². The van der Waals surface area contributed by atoms with Crippen molar-refractivity contribution in [2.24, 2.45) is 0 Å². The zero-order valence-electron chi connectivity index (χ0n) is 15.4. The smallest absolute Gasteiger partial charge is 0.263 e. The second kappa shape index (κ2) is 6.81. The molecule has 1 atom stereocenters. The van der Waals surface area contributed by atoms with Gasteiger partial charge in [-0.15, -0.1) is 21.5 Å². The molecule has 0 radical (unpaired) electrons. The molecule has 8 heteroatoms. The molecule has 1 fully saturated rings. The highest BCUT2D eigenvalue weighted by molar-refractivity contribution is 7.99. The van der Waals surface area contributed by atoms with E-state index in [2.05, 4.69) is 17.1 Å². The topological polar surface area (TPSA) is 73.8 Å². The molecule has 3 aromatic heterocycles. The van der Waals surface area contributed by atoms with Gasteiger partial charge in [0.05, 0.1) is 10.6 Å². The third-order valence-electron chi connectivity index (χ3n) is 5.06. The van der Waals surface area contributed by atoms with Crippen LogP contribution in [0.1, 0.15) is 66.1 Å². The maximum atomic E-state index is 13.4. The third-order valence-corrected chi connectivity index (χ3v) is 7.22. The van der Waals surface area contributed by atoms with Crippen molar-refractivity contribution in [1.82, 2.24) is 19.7 Å². The highest BCUT2D eigenvalue weighted by atomic mass is 32.2. The Balaban J connectivity index is 1.83. The molecule has 0 aliphatic heterocycles. The van der Waals surface area contributed by atoms with Crippen LogP contribution in [0.4, 0.5) is 0 Å². The number of aryl methyl sites for hydroxylation is 3. The predicted molar refractivity (Wildman–Crippen MR) is 104 cm³/mol. The van der Waals surface area contributed by atoms with Crippen molar-refractivity contribution in [2.75, 3.05) is 0 Å². The van der Waals surface area contributed by atoms with Crippen molar-refractivity contribution >= 4 is 33.3 Å². The number of rotatable bonds is 4. The van der Waals surface area contributed by atoms with Gasteiger partial charge < -0.3 is 4.42 Å². The zero-order chi connectivity index (χ0) is 18.4. The van der Waals surface area contributed by atoms with Gasteiger partial charge >= 0.3 is 0 Å². The summed E-state index contributed by atoms with van der Waals surface area (Å²) in [6.45, 7) is 7.87. The molecule has 0 spiro atoms. The molecule has 26 heavy (non-hydrogen) atoms. The van der Waals surface area contributed by atoms with Crippen LogP contribution in [-0.4, -0.2) is 19.7 Å². The normalized spacial score (nSPS) is 16.6. The van der Waals surface area contributed by atoms with Crippen LogP contribution in [0.2, 0.25) is 0 Å². The molecule has 1 saturated carbocycles. The minimum absolute atomic E-state index is 0.0599. The van der Waals surface area contributed by atoms with Crippen molar-refractivity contribution in [3.05, 3.63) is 32.6 Å². The Morgan fingerprint density at radius 1 is 1.23 bits per heavy atom. The lowest BCUT2D eigenvalue weighted by Crippen LogP contribution is -2.26. The van der Waals surface area contributed by atoms with Gasteiger partial charge in [0, 0.05) is 17.8 Å². The van der Waals surface area contributed by atoms with Crippen LogP contribution >= 0.6 is 23.1 Å². The third kappa shape index (κ3) is 2.99. The molecule has 6 nitrogen and oxygen atoms in total. The minimum Gasteiger partial charge on any atom is -0.424 e. The van der Waals surface area contributed by atoms with Gasteiger partial charge in [-0.2, -0.15) is 0 Å². The highest BCUT2D eigenvalue weighted by Crippen LogP contribution is 2.38. The number of nitrogens with zero attached hydrogens (tertiary/aromatic N) is 4. The van der Waals surface area contributed by atoms with Crippen molar-refractivity contribution in [1.29, 1.82) is 0 Å². The second-order valence-corrected chi connectivity index (χ2v) is 9.40. The number of hydrogen-bond acceptors (Lipinski definition) is 7. The first kappa shape index (κ1) is 17.7. The Morgan fingerprint density at radius 2 is 1.96 bits per heavy atom. The molecular weight excluding hydrogens is 368 g/mol. The number of thiophene rings is 1. The standard InChI is InChI=1S/C18H22N4O2S2/c1-9-10(2)25-16-14(9)17(23)22(13-7-5-6-8-13)18(19-16)26-11(3)15-21-20-12(4)24-15/h11,13H,5-8H2,1-4H3. The van der Waals surface area contributed by atoms with Gasteiger partial charge in [0.1, 0.15) is 4.83 Å². The Hall–Kier alpha value is -1.67. The molecule has 3 heterocycles. The summed E-state index contributed by atoms with van der Waals surface area (Å²) in [5.74, 6) is 1.12. The molecule has 1 aliphatic carbocycles.